The van der Waals surface area contributed by atoms with Crippen LogP contribution in [0.25, 0.3) is 0 Å². The standard InChI is InChI=1S/C12H22N2O/c13-9-12(6-7-12)11(15)14-8-10-4-2-1-3-5-10/h10H,1-9,13H2,(H,14,15). The van der Waals surface area contributed by atoms with E-state index in [1.54, 1.807) is 0 Å². The second-order valence-corrected chi connectivity index (χ2v) is 5.20. The number of hydrogen-bond acceptors (Lipinski definition) is 2. The molecule has 2 aliphatic rings. The van der Waals surface area contributed by atoms with Crippen LogP contribution in [-0.2, 0) is 4.79 Å². The van der Waals surface area contributed by atoms with Crippen molar-refractivity contribution in [1.82, 2.24) is 5.32 Å². The summed E-state index contributed by atoms with van der Waals surface area (Å²) < 4.78 is 0. The quantitative estimate of drug-likeness (QED) is 0.737. The van der Waals surface area contributed by atoms with Crippen LogP contribution in [0.15, 0.2) is 0 Å². The molecular formula is C12H22N2O. The highest BCUT2D eigenvalue weighted by atomic mass is 16.2. The molecule has 0 aromatic rings. The van der Waals surface area contributed by atoms with Crippen LogP contribution >= 0.6 is 0 Å². The number of carbonyl (C=O) groups is 1. The SMILES string of the molecule is NCC1(C(=O)NCC2CCCCC2)CC1. The highest BCUT2D eigenvalue weighted by molar-refractivity contribution is 5.85. The predicted octanol–water partition coefficient (Wildman–Crippen LogP) is 1.42. The molecule has 0 heterocycles. The summed E-state index contributed by atoms with van der Waals surface area (Å²) in [5, 5.41) is 3.09. The van der Waals surface area contributed by atoms with Gasteiger partial charge in [0.15, 0.2) is 0 Å². The number of nitrogens with one attached hydrogen (secondary N) is 1. The van der Waals surface area contributed by atoms with Crippen LogP contribution in [0.4, 0.5) is 0 Å². The van der Waals surface area contributed by atoms with Gasteiger partial charge in [-0.3, -0.25) is 4.79 Å². The average molecular weight is 210 g/mol. The third kappa shape index (κ3) is 2.51. The van der Waals surface area contributed by atoms with Crippen molar-refractivity contribution in [3.8, 4) is 0 Å². The van der Waals surface area contributed by atoms with E-state index in [0.717, 1.165) is 25.3 Å². The molecule has 86 valence electrons. The Morgan fingerprint density at radius 2 is 1.93 bits per heavy atom. The second-order valence-electron chi connectivity index (χ2n) is 5.20. The van der Waals surface area contributed by atoms with E-state index in [2.05, 4.69) is 5.32 Å². The molecule has 2 fully saturated rings. The molecule has 0 radical (unpaired) electrons. The molecule has 0 unspecified atom stereocenters. The number of amides is 1. The summed E-state index contributed by atoms with van der Waals surface area (Å²) in [7, 11) is 0. The summed E-state index contributed by atoms with van der Waals surface area (Å²) in [5.74, 6) is 0.923. The Morgan fingerprint density at radius 1 is 1.27 bits per heavy atom. The Labute approximate surface area is 91.8 Å². The maximum Gasteiger partial charge on any atom is 0.227 e. The van der Waals surface area contributed by atoms with E-state index >= 15 is 0 Å². The zero-order valence-electron chi connectivity index (χ0n) is 9.43. The second kappa shape index (κ2) is 4.52. The van der Waals surface area contributed by atoms with Gasteiger partial charge in [-0.1, -0.05) is 19.3 Å². The summed E-state index contributed by atoms with van der Waals surface area (Å²) in [6, 6.07) is 0. The molecule has 3 N–H and O–H groups in total. The largest absolute Gasteiger partial charge is 0.355 e. The van der Waals surface area contributed by atoms with Crippen molar-refractivity contribution >= 4 is 5.91 Å². The Hall–Kier alpha value is -0.570. The van der Waals surface area contributed by atoms with Gasteiger partial charge in [-0.15, -0.1) is 0 Å². The van der Waals surface area contributed by atoms with Crippen LogP contribution < -0.4 is 11.1 Å². The minimum absolute atomic E-state index is 0.172. The van der Waals surface area contributed by atoms with Crippen LogP contribution in [-0.4, -0.2) is 19.0 Å². The molecule has 0 aromatic carbocycles. The Morgan fingerprint density at radius 3 is 2.47 bits per heavy atom. The van der Waals surface area contributed by atoms with Gasteiger partial charge in [-0.25, -0.2) is 0 Å². The van der Waals surface area contributed by atoms with Gasteiger partial charge < -0.3 is 11.1 Å². The molecule has 2 rings (SSSR count). The van der Waals surface area contributed by atoms with Crippen LogP contribution in [0.5, 0.6) is 0 Å². The summed E-state index contributed by atoms with van der Waals surface area (Å²) in [6.45, 7) is 1.39. The van der Waals surface area contributed by atoms with Crippen LogP contribution in [0, 0.1) is 11.3 Å². The van der Waals surface area contributed by atoms with Crippen molar-refractivity contribution in [3.63, 3.8) is 0 Å². The lowest BCUT2D eigenvalue weighted by Crippen LogP contribution is -2.39. The molecule has 0 spiro atoms. The maximum atomic E-state index is 11.8. The molecule has 0 atom stereocenters. The van der Waals surface area contributed by atoms with Gasteiger partial charge in [0.25, 0.3) is 0 Å². The van der Waals surface area contributed by atoms with Crippen molar-refractivity contribution in [2.24, 2.45) is 17.1 Å². The van der Waals surface area contributed by atoms with Crippen LogP contribution in [0.3, 0.4) is 0 Å². The minimum atomic E-state index is -0.172. The van der Waals surface area contributed by atoms with Gasteiger partial charge >= 0.3 is 0 Å². The first-order chi connectivity index (χ1) is 7.27. The van der Waals surface area contributed by atoms with E-state index < -0.39 is 0 Å². The number of carbonyl (C=O) groups excluding carboxylic acids is 1. The maximum absolute atomic E-state index is 11.8. The van der Waals surface area contributed by atoms with Gasteiger partial charge in [-0.2, -0.15) is 0 Å². The normalized spacial score (nSPS) is 24.9. The monoisotopic (exact) mass is 210 g/mol. The molecule has 0 saturated heterocycles. The Kier molecular flexibility index (Phi) is 3.29. The van der Waals surface area contributed by atoms with Crippen molar-refractivity contribution in [3.05, 3.63) is 0 Å². The number of hydrogen-bond donors (Lipinski definition) is 2. The summed E-state index contributed by atoms with van der Waals surface area (Å²) in [5.41, 5.74) is 5.45. The third-order valence-electron chi connectivity index (χ3n) is 4.00. The topological polar surface area (TPSA) is 55.1 Å². The van der Waals surface area contributed by atoms with Gasteiger partial charge in [0, 0.05) is 13.1 Å². The van der Waals surface area contributed by atoms with Gasteiger partial charge in [0.1, 0.15) is 0 Å². The molecule has 3 heteroatoms. The first-order valence-electron chi connectivity index (χ1n) is 6.25. The first kappa shape index (κ1) is 10.9. The molecule has 0 bridgehead atoms. The molecule has 0 aromatic heterocycles. The van der Waals surface area contributed by atoms with Crippen molar-refractivity contribution < 1.29 is 4.79 Å². The highest BCUT2D eigenvalue weighted by Crippen LogP contribution is 2.44. The fraction of sp³-hybridized carbons (Fsp3) is 0.917. The van der Waals surface area contributed by atoms with E-state index in [9.17, 15) is 4.79 Å². The van der Waals surface area contributed by atoms with Gasteiger partial charge in [0.05, 0.1) is 5.41 Å². The lowest BCUT2D eigenvalue weighted by molar-refractivity contribution is -0.126. The molecule has 3 nitrogen and oxygen atoms in total. The number of nitrogens with two attached hydrogens (primary N) is 1. The average Bonchev–Trinajstić information content (AvgIpc) is 3.08. The first-order valence-corrected chi connectivity index (χ1v) is 6.25. The lowest BCUT2D eigenvalue weighted by atomic mass is 9.89. The Bertz CT molecular complexity index is 230. The fourth-order valence-corrected chi connectivity index (χ4v) is 2.49. The molecular weight excluding hydrogens is 188 g/mol. The van der Waals surface area contributed by atoms with Gasteiger partial charge in [-0.05, 0) is 31.6 Å². The van der Waals surface area contributed by atoms with E-state index in [4.69, 9.17) is 5.73 Å². The minimum Gasteiger partial charge on any atom is -0.355 e. The lowest BCUT2D eigenvalue weighted by Gasteiger charge is -2.23. The molecule has 15 heavy (non-hydrogen) atoms. The van der Waals surface area contributed by atoms with E-state index in [-0.39, 0.29) is 11.3 Å². The fourth-order valence-electron chi connectivity index (χ4n) is 2.49. The van der Waals surface area contributed by atoms with Crippen molar-refractivity contribution in [1.29, 1.82) is 0 Å². The van der Waals surface area contributed by atoms with E-state index in [1.807, 2.05) is 0 Å². The third-order valence-corrected chi connectivity index (χ3v) is 4.00. The highest BCUT2D eigenvalue weighted by Gasteiger charge is 2.48. The Balaban J connectivity index is 1.70. The zero-order chi connectivity index (χ0) is 10.7. The summed E-state index contributed by atoms with van der Waals surface area (Å²) >= 11 is 0. The summed E-state index contributed by atoms with van der Waals surface area (Å²) in [4.78, 5) is 11.8. The van der Waals surface area contributed by atoms with Crippen molar-refractivity contribution in [2.75, 3.05) is 13.1 Å². The zero-order valence-corrected chi connectivity index (χ0v) is 9.43. The summed E-state index contributed by atoms with van der Waals surface area (Å²) in [6.07, 6.45) is 8.59. The smallest absolute Gasteiger partial charge is 0.227 e. The van der Waals surface area contributed by atoms with Crippen LogP contribution in [0.1, 0.15) is 44.9 Å². The van der Waals surface area contributed by atoms with E-state index in [1.165, 1.54) is 32.1 Å². The molecule has 2 saturated carbocycles. The number of rotatable bonds is 4. The molecule has 0 aliphatic heterocycles. The van der Waals surface area contributed by atoms with Crippen molar-refractivity contribution in [2.45, 2.75) is 44.9 Å². The predicted molar refractivity (Wildman–Crippen MR) is 60.3 cm³/mol. The van der Waals surface area contributed by atoms with Crippen LogP contribution in [0.2, 0.25) is 0 Å². The molecule has 1 amide bonds. The molecule has 2 aliphatic carbocycles. The van der Waals surface area contributed by atoms with Gasteiger partial charge in [0.2, 0.25) is 5.91 Å². The van der Waals surface area contributed by atoms with E-state index in [0.29, 0.717) is 6.54 Å².